The minimum Gasteiger partial charge on any atom is -0.393 e. The van der Waals surface area contributed by atoms with E-state index in [2.05, 4.69) is 4.98 Å². The van der Waals surface area contributed by atoms with Gasteiger partial charge in [0.2, 0.25) is 5.91 Å². The van der Waals surface area contributed by atoms with Crippen LogP contribution < -0.4 is 4.90 Å². The first-order chi connectivity index (χ1) is 13.8. The molecule has 1 aromatic carbocycles. The predicted molar refractivity (Wildman–Crippen MR) is 106 cm³/mol. The molecular formula is C21H21ClFN3O3. The summed E-state index contributed by atoms with van der Waals surface area (Å²) in [5.74, 6) is -1.80. The van der Waals surface area contributed by atoms with Gasteiger partial charge in [-0.25, -0.2) is 9.37 Å². The number of hydrogen-bond donors (Lipinski definition) is 1. The second-order valence-corrected chi connectivity index (χ2v) is 8.16. The van der Waals surface area contributed by atoms with Crippen molar-refractivity contribution in [3.63, 3.8) is 0 Å². The van der Waals surface area contributed by atoms with E-state index in [1.54, 1.807) is 4.90 Å². The maximum atomic E-state index is 14.4. The van der Waals surface area contributed by atoms with Gasteiger partial charge >= 0.3 is 0 Å². The number of anilines is 1. The molecule has 152 valence electrons. The lowest BCUT2D eigenvalue weighted by atomic mass is 9.75. The fraction of sp³-hybridized carbons (Fsp3) is 0.381. The number of rotatable bonds is 4. The summed E-state index contributed by atoms with van der Waals surface area (Å²) in [5.41, 5.74) is 2.01. The minimum atomic E-state index is -0.766. The van der Waals surface area contributed by atoms with Crippen molar-refractivity contribution in [2.75, 3.05) is 11.4 Å². The summed E-state index contributed by atoms with van der Waals surface area (Å²) in [6, 6.07) is 8.06. The van der Waals surface area contributed by atoms with Gasteiger partial charge in [0, 0.05) is 12.7 Å². The molecule has 6 nitrogen and oxygen atoms in total. The van der Waals surface area contributed by atoms with Crippen LogP contribution in [0.1, 0.15) is 24.0 Å². The van der Waals surface area contributed by atoms with Crippen molar-refractivity contribution in [2.45, 2.75) is 38.5 Å². The average Bonchev–Trinajstić information content (AvgIpc) is 2.65. The Kier molecular flexibility index (Phi) is 5.27. The number of amides is 2. The molecule has 1 unspecified atom stereocenters. The highest BCUT2D eigenvalue weighted by molar-refractivity contribution is 6.30. The lowest BCUT2D eigenvalue weighted by molar-refractivity contribution is -0.149. The van der Waals surface area contributed by atoms with Gasteiger partial charge in [0.15, 0.2) is 11.6 Å². The van der Waals surface area contributed by atoms with Crippen molar-refractivity contribution in [2.24, 2.45) is 5.92 Å². The zero-order chi connectivity index (χ0) is 20.7. The fourth-order valence-electron chi connectivity index (χ4n) is 3.96. The first-order valence-electron chi connectivity index (χ1n) is 9.49. The molecular weight excluding hydrogens is 397 g/mol. The molecule has 0 bridgehead atoms. The third-order valence-electron chi connectivity index (χ3n) is 5.58. The normalized spacial score (nSPS) is 24.6. The Balaban J connectivity index is 1.65. The summed E-state index contributed by atoms with van der Waals surface area (Å²) in [7, 11) is 0. The molecule has 0 radical (unpaired) electrons. The zero-order valence-corrected chi connectivity index (χ0v) is 16.6. The summed E-state index contributed by atoms with van der Waals surface area (Å²) >= 11 is 5.76. The van der Waals surface area contributed by atoms with Crippen LogP contribution in [0.5, 0.6) is 0 Å². The average molecular weight is 418 g/mol. The summed E-state index contributed by atoms with van der Waals surface area (Å²) in [4.78, 5) is 32.9. The number of piperazine rings is 1. The number of pyridine rings is 1. The zero-order valence-electron chi connectivity index (χ0n) is 15.9. The van der Waals surface area contributed by atoms with Gasteiger partial charge in [-0.2, -0.15) is 0 Å². The highest BCUT2D eigenvalue weighted by Crippen LogP contribution is 2.37. The van der Waals surface area contributed by atoms with Crippen LogP contribution in [0.15, 0.2) is 36.5 Å². The highest BCUT2D eigenvalue weighted by atomic mass is 35.5. The number of aliphatic hydroxyl groups excluding tert-OH is 1. The lowest BCUT2D eigenvalue weighted by Gasteiger charge is -2.47. The Morgan fingerprint density at radius 2 is 1.93 bits per heavy atom. The van der Waals surface area contributed by atoms with E-state index < -0.39 is 18.0 Å². The monoisotopic (exact) mass is 417 g/mol. The van der Waals surface area contributed by atoms with Crippen LogP contribution in [-0.4, -0.2) is 45.5 Å². The molecule has 1 saturated heterocycles. The molecule has 1 aliphatic carbocycles. The lowest BCUT2D eigenvalue weighted by Crippen LogP contribution is -2.64. The SMILES string of the molecule is Cc1ccc(CN2C(=O)CN(c3ncc(Cl)cc3F)C(=O)C2[C@H]2C[C@H](O)C2)cc1. The molecule has 2 aliphatic rings. The van der Waals surface area contributed by atoms with Gasteiger partial charge in [-0.3, -0.25) is 14.5 Å². The van der Waals surface area contributed by atoms with Crippen LogP contribution in [-0.2, 0) is 16.1 Å². The Bertz CT molecular complexity index is 947. The molecule has 29 heavy (non-hydrogen) atoms. The van der Waals surface area contributed by atoms with E-state index in [0.29, 0.717) is 12.8 Å². The standard InChI is InChI=1S/C21H21ClFN3O3/c1-12-2-4-13(5-3-12)10-25-18(28)11-26(20-17(23)8-15(22)9-24-20)21(29)19(25)14-6-16(27)7-14/h2-5,8-9,14,16,19,27H,6-7,10-11H2,1H3/t14-,16-,19?. The fourth-order valence-corrected chi connectivity index (χ4v) is 4.10. The molecule has 1 aliphatic heterocycles. The van der Waals surface area contributed by atoms with E-state index >= 15 is 0 Å². The van der Waals surface area contributed by atoms with E-state index in [0.717, 1.165) is 22.1 Å². The van der Waals surface area contributed by atoms with E-state index in [9.17, 15) is 19.1 Å². The number of nitrogens with zero attached hydrogens (tertiary/aromatic N) is 3. The van der Waals surface area contributed by atoms with Crippen molar-refractivity contribution in [3.8, 4) is 0 Å². The van der Waals surface area contributed by atoms with Gasteiger partial charge in [0.25, 0.3) is 5.91 Å². The largest absolute Gasteiger partial charge is 0.393 e. The van der Waals surface area contributed by atoms with E-state index in [-0.39, 0.29) is 41.7 Å². The number of hydrogen-bond acceptors (Lipinski definition) is 4. The van der Waals surface area contributed by atoms with Gasteiger partial charge in [-0.05, 0) is 37.3 Å². The number of aryl methyl sites for hydroxylation is 1. The van der Waals surface area contributed by atoms with Gasteiger partial charge in [0.1, 0.15) is 12.6 Å². The first-order valence-corrected chi connectivity index (χ1v) is 9.87. The number of aliphatic hydroxyl groups is 1. The Hall–Kier alpha value is -2.51. The topological polar surface area (TPSA) is 73.7 Å². The van der Waals surface area contributed by atoms with Gasteiger partial charge in [-0.1, -0.05) is 41.4 Å². The van der Waals surface area contributed by atoms with Crippen molar-refractivity contribution in [1.82, 2.24) is 9.88 Å². The third kappa shape index (κ3) is 3.84. The van der Waals surface area contributed by atoms with Crippen LogP contribution in [0.4, 0.5) is 10.2 Å². The van der Waals surface area contributed by atoms with Crippen molar-refractivity contribution in [1.29, 1.82) is 0 Å². The molecule has 1 aromatic heterocycles. The number of benzene rings is 1. The molecule has 1 N–H and O–H groups in total. The minimum absolute atomic E-state index is 0.113. The first kappa shape index (κ1) is 19.8. The second-order valence-electron chi connectivity index (χ2n) is 7.72. The molecule has 2 fully saturated rings. The van der Waals surface area contributed by atoms with Crippen LogP contribution in [0.3, 0.4) is 0 Å². The van der Waals surface area contributed by atoms with Crippen LogP contribution in [0, 0.1) is 18.7 Å². The molecule has 2 amide bonds. The molecule has 1 saturated carbocycles. The molecule has 2 aromatic rings. The van der Waals surface area contributed by atoms with Crippen LogP contribution in [0.25, 0.3) is 0 Å². The Labute approximate surface area is 172 Å². The molecule has 0 spiro atoms. The summed E-state index contributed by atoms with van der Waals surface area (Å²) in [6.45, 7) is 1.97. The quantitative estimate of drug-likeness (QED) is 0.830. The van der Waals surface area contributed by atoms with Gasteiger partial charge in [-0.15, -0.1) is 0 Å². The van der Waals surface area contributed by atoms with Gasteiger partial charge < -0.3 is 10.0 Å². The molecule has 8 heteroatoms. The third-order valence-corrected chi connectivity index (χ3v) is 5.79. The molecule has 4 rings (SSSR count). The van der Waals surface area contributed by atoms with Crippen LogP contribution >= 0.6 is 11.6 Å². The molecule has 1 atom stereocenters. The second kappa shape index (κ2) is 7.72. The number of carbonyl (C=O) groups excluding carboxylic acids is 2. The van der Waals surface area contributed by atoms with Crippen molar-refractivity contribution in [3.05, 3.63) is 58.5 Å². The summed E-state index contributed by atoms with van der Waals surface area (Å²) in [5, 5.41) is 9.86. The Morgan fingerprint density at radius 3 is 2.55 bits per heavy atom. The number of halogens is 2. The predicted octanol–water partition coefficient (Wildman–Crippen LogP) is 2.70. The Morgan fingerprint density at radius 1 is 1.24 bits per heavy atom. The molecule has 2 heterocycles. The maximum Gasteiger partial charge on any atom is 0.251 e. The van der Waals surface area contributed by atoms with Crippen molar-refractivity contribution < 1.29 is 19.1 Å². The summed E-state index contributed by atoms with van der Waals surface area (Å²) in [6.07, 6.45) is 1.62. The van der Waals surface area contributed by atoms with E-state index in [4.69, 9.17) is 11.6 Å². The maximum absolute atomic E-state index is 14.4. The summed E-state index contributed by atoms with van der Waals surface area (Å²) < 4.78 is 14.4. The van der Waals surface area contributed by atoms with E-state index in [1.165, 1.54) is 6.20 Å². The van der Waals surface area contributed by atoms with Gasteiger partial charge in [0.05, 0.1) is 11.1 Å². The van der Waals surface area contributed by atoms with E-state index in [1.807, 2.05) is 31.2 Å². The van der Waals surface area contributed by atoms with Crippen molar-refractivity contribution >= 4 is 29.2 Å². The van der Waals surface area contributed by atoms with Crippen LogP contribution in [0.2, 0.25) is 5.02 Å². The number of aromatic nitrogens is 1. The highest BCUT2D eigenvalue weighted by Gasteiger charge is 2.48. The smallest absolute Gasteiger partial charge is 0.251 e. The number of carbonyl (C=O) groups is 2.